The first-order valence-electron chi connectivity index (χ1n) is 10.2. The fourth-order valence-corrected chi connectivity index (χ4v) is 3.61. The highest BCUT2D eigenvalue weighted by Gasteiger charge is 2.30. The molecule has 1 aliphatic rings. The first-order chi connectivity index (χ1) is 14.2. The molecule has 1 saturated heterocycles. The molecule has 0 N–H and O–H groups in total. The second-order valence-corrected chi connectivity index (χ2v) is 8.78. The van der Waals surface area contributed by atoms with Crippen LogP contribution in [0.5, 0.6) is 0 Å². The van der Waals surface area contributed by atoms with Gasteiger partial charge >= 0.3 is 6.09 Å². The van der Waals surface area contributed by atoms with Crippen LogP contribution in [0.4, 0.5) is 4.79 Å². The average Bonchev–Trinajstić information content (AvgIpc) is 3.33. The van der Waals surface area contributed by atoms with Crippen molar-refractivity contribution in [2.45, 2.75) is 52.1 Å². The zero-order valence-electron chi connectivity index (χ0n) is 17.9. The van der Waals surface area contributed by atoms with Crippen LogP contribution in [-0.4, -0.2) is 49.2 Å². The summed E-state index contributed by atoms with van der Waals surface area (Å²) in [6.45, 7) is 12.8. The molecule has 3 aromatic rings. The Balaban J connectivity index is 1.46. The van der Waals surface area contributed by atoms with Crippen molar-refractivity contribution in [3.05, 3.63) is 42.8 Å². The van der Waals surface area contributed by atoms with Crippen LogP contribution in [0.25, 0.3) is 22.5 Å². The van der Waals surface area contributed by atoms with E-state index >= 15 is 0 Å². The van der Waals surface area contributed by atoms with E-state index in [0.29, 0.717) is 24.8 Å². The predicted octanol–water partition coefficient (Wildman–Crippen LogP) is 4.53. The molecule has 8 heteroatoms. The molecule has 0 bridgehead atoms. The second kappa shape index (κ2) is 7.59. The van der Waals surface area contributed by atoms with E-state index in [1.54, 1.807) is 11.2 Å². The van der Waals surface area contributed by atoms with Gasteiger partial charge < -0.3 is 18.6 Å². The van der Waals surface area contributed by atoms with E-state index in [0.717, 1.165) is 35.2 Å². The van der Waals surface area contributed by atoms with Gasteiger partial charge in [-0.3, -0.25) is 0 Å². The number of hydrogen-bond acceptors (Lipinski definition) is 6. The number of rotatable bonds is 3. The van der Waals surface area contributed by atoms with Crippen molar-refractivity contribution in [2.75, 3.05) is 13.1 Å². The molecule has 8 nitrogen and oxygen atoms in total. The normalized spacial score (nSPS) is 15.5. The molecule has 1 aliphatic heterocycles. The third kappa shape index (κ3) is 4.08. The lowest BCUT2D eigenvalue weighted by Gasteiger charge is -2.32. The van der Waals surface area contributed by atoms with Gasteiger partial charge in [-0.05, 0) is 58.2 Å². The van der Waals surface area contributed by atoms with Crippen molar-refractivity contribution < 1.29 is 14.1 Å². The molecule has 3 aromatic heterocycles. The number of carbonyl (C=O) groups excluding carboxylic acids is 1. The molecule has 4 heterocycles. The van der Waals surface area contributed by atoms with E-state index in [-0.39, 0.29) is 12.0 Å². The summed E-state index contributed by atoms with van der Waals surface area (Å²) in [5.41, 5.74) is 3.09. The van der Waals surface area contributed by atoms with Crippen LogP contribution in [0.3, 0.4) is 0 Å². The van der Waals surface area contributed by atoms with Crippen molar-refractivity contribution in [3.63, 3.8) is 0 Å². The number of fused-ring (bicyclic) bond motifs is 1. The molecule has 0 aromatic carbocycles. The summed E-state index contributed by atoms with van der Waals surface area (Å²) in [5.74, 6) is 1.30. The topological polar surface area (TPSA) is 85.8 Å². The summed E-state index contributed by atoms with van der Waals surface area (Å²) in [7, 11) is 0. The number of ether oxygens (including phenoxy) is 1. The molecule has 158 valence electrons. The minimum atomic E-state index is -0.490. The van der Waals surface area contributed by atoms with Crippen molar-refractivity contribution in [1.82, 2.24) is 24.4 Å². The van der Waals surface area contributed by atoms with Gasteiger partial charge in [0.25, 0.3) is 0 Å². The Kier molecular flexibility index (Phi) is 5.09. The van der Waals surface area contributed by atoms with Gasteiger partial charge in [-0.25, -0.2) is 9.78 Å². The zero-order valence-corrected chi connectivity index (χ0v) is 17.9. The van der Waals surface area contributed by atoms with E-state index < -0.39 is 5.60 Å². The molecule has 1 fully saturated rings. The monoisotopic (exact) mass is 409 g/mol. The van der Waals surface area contributed by atoms with E-state index in [2.05, 4.69) is 21.7 Å². The first-order valence-corrected chi connectivity index (χ1v) is 10.2. The maximum Gasteiger partial charge on any atom is 0.410 e. The summed E-state index contributed by atoms with van der Waals surface area (Å²) in [6.07, 6.45) is 4.96. The summed E-state index contributed by atoms with van der Waals surface area (Å²) in [5, 5.41) is 4.19. The van der Waals surface area contributed by atoms with Crippen LogP contribution in [0.15, 0.2) is 35.8 Å². The number of aromatic nitrogens is 4. The molecule has 0 aliphatic carbocycles. The Labute approximate surface area is 175 Å². The molecule has 0 unspecified atom stereocenters. The van der Waals surface area contributed by atoms with Crippen LogP contribution in [0, 0.1) is 0 Å². The van der Waals surface area contributed by atoms with Crippen LogP contribution < -0.4 is 0 Å². The van der Waals surface area contributed by atoms with Gasteiger partial charge in [-0.1, -0.05) is 11.7 Å². The van der Waals surface area contributed by atoms with Crippen LogP contribution in [0.2, 0.25) is 0 Å². The number of hydrogen-bond donors (Lipinski definition) is 0. The maximum absolute atomic E-state index is 12.2. The summed E-state index contributed by atoms with van der Waals surface area (Å²) in [6, 6.07) is 3.94. The second-order valence-electron chi connectivity index (χ2n) is 8.78. The van der Waals surface area contributed by atoms with E-state index in [1.165, 1.54) is 0 Å². The Bertz CT molecular complexity index is 1080. The van der Waals surface area contributed by atoms with Crippen molar-refractivity contribution in [1.29, 1.82) is 0 Å². The highest BCUT2D eigenvalue weighted by molar-refractivity contribution is 5.76. The van der Waals surface area contributed by atoms with Crippen LogP contribution >= 0.6 is 0 Å². The van der Waals surface area contributed by atoms with Gasteiger partial charge in [0, 0.05) is 30.8 Å². The Hall–Kier alpha value is -3.16. The average molecular weight is 409 g/mol. The SMILES string of the molecule is C=C(C)c1ncn2ccc(-c3noc(C4CCN(C(=O)OC(C)(C)C)CC4)n3)cc12. The van der Waals surface area contributed by atoms with Gasteiger partial charge in [0.1, 0.15) is 5.60 Å². The van der Waals surface area contributed by atoms with E-state index in [1.807, 2.05) is 50.4 Å². The number of amides is 1. The van der Waals surface area contributed by atoms with Gasteiger partial charge in [0.05, 0.1) is 17.5 Å². The Morgan fingerprint density at radius 2 is 2.03 bits per heavy atom. The first kappa shape index (κ1) is 20.1. The molecule has 0 saturated carbocycles. The van der Waals surface area contributed by atoms with E-state index in [9.17, 15) is 4.79 Å². The lowest BCUT2D eigenvalue weighted by atomic mass is 9.97. The van der Waals surface area contributed by atoms with Crippen molar-refractivity contribution >= 4 is 17.2 Å². The van der Waals surface area contributed by atoms with E-state index in [4.69, 9.17) is 9.26 Å². The largest absolute Gasteiger partial charge is 0.444 e. The smallest absolute Gasteiger partial charge is 0.410 e. The molecule has 0 radical (unpaired) electrons. The lowest BCUT2D eigenvalue weighted by molar-refractivity contribution is 0.0198. The van der Waals surface area contributed by atoms with Gasteiger partial charge in [-0.15, -0.1) is 0 Å². The quantitative estimate of drug-likeness (QED) is 0.632. The standard InChI is InChI=1S/C22H27N5O3/c1-14(2)18-17-12-16(8-11-27(17)13-23-18)19-24-20(30-25-19)15-6-9-26(10-7-15)21(28)29-22(3,4)5/h8,11-13,15H,1,6-7,9-10H2,2-5H3. The predicted molar refractivity (Wildman–Crippen MR) is 113 cm³/mol. The molecule has 1 amide bonds. The summed E-state index contributed by atoms with van der Waals surface area (Å²) >= 11 is 0. The molecule has 0 spiro atoms. The third-order valence-electron chi connectivity index (χ3n) is 5.14. The number of piperidine rings is 1. The fourth-order valence-electron chi connectivity index (χ4n) is 3.61. The summed E-state index contributed by atoms with van der Waals surface area (Å²) < 4.78 is 13.0. The number of likely N-dealkylation sites (tertiary alicyclic amines) is 1. The molecule has 4 rings (SSSR count). The van der Waals surface area contributed by atoms with Gasteiger partial charge in [0.15, 0.2) is 0 Å². The molecule has 0 atom stereocenters. The fraction of sp³-hybridized carbons (Fsp3) is 0.455. The number of carbonyl (C=O) groups is 1. The molecular formula is C22H27N5O3. The van der Waals surface area contributed by atoms with Crippen LogP contribution in [-0.2, 0) is 4.74 Å². The highest BCUT2D eigenvalue weighted by Crippen LogP contribution is 2.30. The molecular weight excluding hydrogens is 382 g/mol. The van der Waals surface area contributed by atoms with Gasteiger partial charge in [-0.2, -0.15) is 4.98 Å². The van der Waals surface area contributed by atoms with Crippen molar-refractivity contribution in [2.24, 2.45) is 0 Å². The number of pyridine rings is 1. The van der Waals surface area contributed by atoms with Crippen LogP contribution in [0.1, 0.15) is 58.0 Å². The minimum Gasteiger partial charge on any atom is -0.444 e. The minimum absolute atomic E-state index is 0.134. The zero-order chi connectivity index (χ0) is 21.5. The number of nitrogens with zero attached hydrogens (tertiary/aromatic N) is 5. The highest BCUT2D eigenvalue weighted by atomic mass is 16.6. The van der Waals surface area contributed by atoms with Gasteiger partial charge in [0.2, 0.25) is 11.7 Å². The summed E-state index contributed by atoms with van der Waals surface area (Å²) in [4.78, 5) is 23.0. The third-order valence-corrected chi connectivity index (χ3v) is 5.14. The number of imidazole rings is 1. The van der Waals surface area contributed by atoms with Crippen molar-refractivity contribution in [3.8, 4) is 11.4 Å². The Morgan fingerprint density at radius 1 is 1.30 bits per heavy atom. The Morgan fingerprint density at radius 3 is 2.70 bits per heavy atom. The number of allylic oxidation sites excluding steroid dienone is 1. The lowest BCUT2D eigenvalue weighted by Crippen LogP contribution is -2.41. The maximum atomic E-state index is 12.2. The molecule has 30 heavy (non-hydrogen) atoms.